The molecule has 1 N–H and O–H groups in total. The number of fused-ring (bicyclic) bond motifs is 1. The third-order valence-corrected chi connectivity index (χ3v) is 2.38. The molecule has 2 aromatic rings. The van der Waals surface area contributed by atoms with Crippen LogP contribution < -0.4 is 0 Å². The first kappa shape index (κ1) is 9.16. The Kier molecular flexibility index (Phi) is 2.46. The topological polar surface area (TPSA) is 33.1 Å². The molecule has 2 nitrogen and oxygen atoms in total. The third kappa shape index (κ3) is 1.61. The Bertz CT molecular complexity index is 439. The van der Waals surface area contributed by atoms with Gasteiger partial charge in [-0.1, -0.05) is 25.1 Å². The summed E-state index contributed by atoms with van der Waals surface area (Å²) in [6, 6.07) is 9.92. The number of aliphatic hydroxyl groups is 1. The second kappa shape index (κ2) is 3.76. The molecule has 72 valence electrons. The van der Waals surface area contributed by atoms with Gasteiger partial charge in [-0.05, 0) is 24.1 Å². The van der Waals surface area contributed by atoms with Gasteiger partial charge < -0.3 is 5.11 Å². The molecule has 0 amide bonds. The molecule has 2 heteroatoms. The van der Waals surface area contributed by atoms with Gasteiger partial charge in [-0.15, -0.1) is 0 Å². The van der Waals surface area contributed by atoms with Gasteiger partial charge in [-0.2, -0.15) is 0 Å². The molecule has 1 aromatic carbocycles. The van der Waals surface area contributed by atoms with E-state index in [9.17, 15) is 5.11 Å². The number of aromatic nitrogens is 1. The van der Waals surface area contributed by atoms with Gasteiger partial charge in [-0.3, -0.25) is 4.98 Å². The van der Waals surface area contributed by atoms with Crippen LogP contribution in [-0.4, -0.2) is 10.1 Å². The minimum Gasteiger partial charge on any atom is -0.388 e. The summed E-state index contributed by atoms with van der Waals surface area (Å²) in [6.45, 7) is 1.96. The highest BCUT2D eigenvalue weighted by Gasteiger charge is 2.05. The largest absolute Gasteiger partial charge is 0.388 e. The maximum Gasteiger partial charge on any atom is 0.0802 e. The fourth-order valence-electron chi connectivity index (χ4n) is 1.51. The van der Waals surface area contributed by atoms with Crippen molar-refractivity contribution in [2.75, 3.05) is 0 Å². The van der Waals surface area contributed by atoms with Crippen LogP contribution in [0.5, 0.6) is 0 Å². The Morgan fingerprint density at radius 1 is 1.36 bits per heavy atom. The van der Waals surface area contributed by atoms with Gasteiger partial charge in [0, 0.05) is 11.6 Å². The molecule has 1 atom stereocenters. The van der Waals surface area contributed by atoms with Crippen molar-refractivity contribution in [1.29, 1.82) is 0 Å². The zero-order chi connectivity index (χ0) is 9.97. The summed E-state index contributed by atoms with van der Waals surface area (Å²) in [5.74, 6) is 0. The Balaban J connectivity index is 2.51. The molecule has 0 aliphatic heterocycles. The van der Waals surface area contributed by atoms with E-state index in [0.29, 0.717) is 0 Å². The van der Waals surface area contributed by atoms with Gasteiger partial charge in [0.2, 0.25) is 0 Å². The summed E-state index contributed by atoms with van der Waals surface area (Å²) >= 11 is 0. The van der Waals surface area contributed by atoms with Crippen molar-refractivity contribution in [2.24, 2.45) is 0 Å². The number of aliphatic hydroxyl groups excluding tert-OH is 1. The first-order valence-electron chi connectivity index (χ1n) is 4.84. The van der Waals surface area contributed by atoms with Crippen LogP contribution in [0.4, 0.5) is 0 Å². The summed E-state index contributed by atoms with van der Waals surface area (Å²) in [6.07, 6.45) is 2.07. The number of rotatable bonds is 2. The van der Waals surface area contributed by atoms with Crippen molar-refractivity contribution < 1.29 is 5.11 Å². The van der Waals surface area contributed by atoms with Crippen LogP contribution in [-0.2, 0) is 0 Å². The lowest BCUT2D eigenvalue weighted by molar-refractivity contribution is 0.173. The van der Waals surface area contributed by atoms with E-state index in [4.69, 9.17) is 0 Å². The predicted octanol–water partition coefficient (Wildman–Crippen LogP) is 2.68. The molecule has 0 bridgehead atoms. The standard InChI is InChI=1S/C12H13NO/c1-2-12(14)10-7-9-5-3-4-6-11(9)13-8-10/h3-8,12,14H,2H2,1H3/t12-/m0/s1. The normalized spacial score (nSPS) is 13.0. The van der Waals surface area contributed by atoms with Crippen molar-refractivity contribution in [3.8, 4) is 0 Å². The van der Waals surface area contributed by atoms with Crippen molar-refractivity contribution >= 4 is 10.9 Å². The van der Waals surface area contributed by atoms with Gasteiger partial charge in [0.15, 0.2) is 0 Å². The lowest BCUT2D eigenvalue weighted by atomic mass is 10.1. The van der Waals surface area contributed by atoms with Crippen molar-refractivity contribution in [3.63, 3.8) is 0 Å². The Labute approximate surface area is 83.2 Å². The zero-order valence-electron chi connectivity index (χ0n) is 8.14. The molecule has 1 aromatic heterocycles. The van der Waals surface area contributed by atoms with Crippen molar-refractivity contribution in [1.82, 2.24) is 4.98 Å². The summed E-state index contributed by atoms with van der Waals surface area (Å²) in [5, 5.41) is 10.7. The highest BCUT2D eigenvalue weighted by molar-refractivity contribution is 5.78. The average Bonchev–Trinajstić information content (AvgIpc) is 2.27. The molecular formula is C12H13NO. The fraction of sp³-hybridized carbons (Fsp3) is 0.250. The van der Waals surface area contributed by atoms with Crippen LogP contribution in [0, 0.1) is 0 Å². The van der Waals surface area contributed by atoms with Crippen LogP contribution in [0.3, 0.4) is 0 Å². The maximum atomic E-state index is 9.65. The molecule has 2 rings (SSSR count). The molecular weight excluding hydrogens is 174 g/mol. The number of hydrogen-bond donors (Lipinski definition) is 1. The lowest BCUT2D eigenvalue weighted by Gasteiger charge is -2.07. The molecule has 0 radical (unpaired) electrons. The summed E-state index contributed by atoms with van der Waals surface area (Å²) < 4.78 is 0. The van der Waals surface area contributed by atoms with Crippen LogP contribution in [0.25, 0.3) is 10.9 Å². The smallest absolute Gasteiger partial charge is 0.0802 e. The van der Waals surface area contributed by atoms with Crippen molar-refractivity contribution in [3.05, 3.63) is 42.1 Å². The van der Waals surface area contributed by atoms with Crippen molar-refractivity contribution in [2.45, 2.75) is 19.4 Å². The van der Waals surface area contributed by atoms with E-state index >= 15 is 0 Å². The number of hydrogen-bond acceptors (Lipinski definition) is 2. The van der Waals surface area contributed by atoms with Gasteiger partial charge in [-0.25, -0.2) is 0 Å². The monoisotopic (exact) mass is 187 g/mol. The van der Waals surface area contributed by atoms with Crippen LogP contribution >= 0.6 is 0 Å². The lowest BCUT2D eigenvalue weighted by Crippen LogP contribution is -1.95. The number of benzene rings is 1. The molecule has 14 heavy (non-hydrogen) atoms. The molecule has 0 fully saturated rings. The second-order valence-corrected chi connectivity index (χ2v) is 3.39. The Hall–Kier alpha value is -1.41. The van der Waals surface area contributed by atoms with Gasteiger partial charge in [0.05, 0.1) is 11.6 Å². The van der Waals surface area contributed by atoms with E-state index in [1.165, 1.54) is 0 Å². The summed E-state index contributed by atoms with van der Waals surface area (Å²) in [7, 11) is 0. The molecule has 1 heterocycles. The Morgan fingerprint density at radius 2 is 2.14 bits per heavy atom. The second-order valence-electron chi connectivity index (χ2n) is 3.39. The number of nitrogens with zero attached hydrogens (tertiary/aromatic N) is 1. The average molecular weight is 187 g/mol. The third-order valence-electron chi connectivity index (χ3n) is 2.38. The van der Waals surface area contributed by atoms with E-state index < -0.39 is 6.10 Å². The first-order chi connectivity index (χ1) is 6.81. The summed E-state index contributed by atoms with van der Waals surface area (Å²) in [4.78, 5) is 4.29. The molecule has 0 unspecified atom stereocenters. The SMILES string of the molecule is CC[C@H](O)c1cnc2ccccc2c1. The van der Waals surface area contributed by atoms with Crippen LogP contribution in [0.1, 0.15) is 25.0 Å². The van der Waals surface area contributed by atoms with Crippen LogP contribution in [0.2, 0.25) is 0 Å². The van der Waals surface area contributed by atoms with E-state index in [1.807, 2.05) is 37.3 Å². The number of para-hydroxylation sites is 1. The van der Waals surface area contributed by atoms with Gasteiger partial charge >= 0.3 is 0 Å². The highest BCUT2D eigenvalue weighted by atomic mass is 16.3. The summed E-state index contributed by atoms with van der Waals surface area (Å²) in [5.41, 5.74) is 1.87. The minimum absolute atomic E-state index is 0.396. The van der Waals surface area contributed by atoms with E-state index in [0.717, 1.165) is 22.9 Å². The fourth-order valence-corrected chi connectivity index (χ4v) is 1.51. The first-order valence-corrected chi connectivity index (χ1v) is 4.84. The molecule has 0 spiro atoms. The number of pyridine rings is 1. The van der Waals surface area contributed by atoms with E-state index in [1.54, 1.807) is 6.20 Å². The quantitative estimate of drug-likeness (QED) is 0.784. The molecule has 0 aliphatic carbocycles. The molecule has 0 saturated heterocycles. The Morgan fingerprint density at radius 3 is 2.93 bits per heavy atom. The zero-order valence-corrected chi connectivity index (χ0v) is 8.14. The maximum absolute atomic E-state index is 9.65. The van der Waals surface area contributed by atoms with Crippen LogP contribution in [0.15, 0.2) is 36.5 Å². The van der Waals surface area contributed by atoms with Gasteiger partial charge in [0.25, 0.3) is 0 Å². The molecule has 0 saturated carbocycles. The van der Waals surface area contributed by atoms with E-state index in [-0.39, 0.29) is 0 Å². The minimum atomic E-state index is -0.396. The predicted molar refractivity (Wildman–Crippen MR) is 57.0 cm³/mol. The van der Waals surface area contributed by atoms with E-state index in [2.05, 4.69) is 4.98 Å². The van der Waals surface area contributed by atoms with Gasteiger partial charge in [0.1, 0.15) is 0 Å². The highest BCUT2D eigenvalue weighted by Crippen LogP contribution is 2.19. The molecule has 0 aliphatic rings.